The first kappa shape index (κ1) is 18.5. The number of hydrogen-bond donors (Lipinski definition) is 2. The summed E-state index contributed by atoms with van der Waals surface area (Å²) in [5.41, 5.74) is 5.92. The van der Waals surface area contributed by atoms with E-state index in [1.165, 1.54) is 0 Å². The molecule has 2 amide bonds. The molecule has 2 aromatic carbocycles. The fourth-order valence-electron chi connectivity index (χ4n) is 2.47. The highest BCUT2D eigenvalue weighted by Crippen LogP contribution is 2.14. The number of aryl methyl sites for hydroxylation is 1. The molecule has 0 aliphatic rings. The van der Waals surface area contributed by atoms with Crippen LogP contribution >= 0.6 is 11.3 Å². The van der Waals surface area contributed by atoms with Crippen LogP contribution in [0.15, 0.2) is 71.1 Å². The quantitative estimate of drug-likeness (QED) is 0.509. The second-order valence-electron chi connectivity index (χ2n) is 5.96. The van der Waals surface area contributed by atoms with Crippen molar-refractivity contribution in [3.8, 4) is 0 Å². The van der Waals surface area contributed by atoms with Crippen LogP contribution in [0.1, 0.15) is 38.1 Å². The van der Waals surface area contributed by atoms with Crippen LogP contribution in [0.4, 0.5) is 5.69 Å². The maximum Gasteiger partial charge on any atom is 0.271 e. The van der Waals surface area contributed by atoms with Crippen LogP contribution in [0.2, 0.25) is 0 Å². The Kier molecular flexibility index (Phi) is 5.78. The van der Waals surface area contributed by atoms with Gasteiger partial charge in [-0.05, 0) is 61.2 Å². The maximum atomic E-state index is 12.3. The smallest absolute Gasteiger partial charge is 0.271 e. The van der Waals surface area contributed by atoms with Crippen LogP contribution in [-0.2, 0) is 0 Å². The first-order valence-electron chi connectivity index (χ1n) is 8.40. The average Bonchev–Trinajstić information content (AvgIpc) is 3.21. The van der Waals surface area contributed by atoms with E-state index < -0.39 is 0 Å². The van der Waals surface area contributed by atoms with E-state index in [-0.39, 0.29) is 11.8 Å². The van der Waals surface area contributed by atoms with Crippen molar-refractivity contribution >= 4 is 34.6 Å². The zero-order valence-electron chi connectivity index (χ0n) is 15.0. The van der Waals surface area contributed by atoms with Crippen molar-refractivity contribution in [1.29, 1.82) is 0 Å². The molecule has 0 aliphatic heterocycles. The van der Waals surface area contributed by atoms with Gasteiger partial charge in [0, 0.05) is 21.7 Å². The Labute approximate surface area is 161 Å². The van der Waals surface area contributed by atoms with Crippen LogP contribution < -0.4 is 10.7 Å². The Morgan fingerprint density at radius 3 is 2.33 bits per heavy atom. The van der Waals surface area contributed by atoms with Gasteiger partial charge in [-0.25, -0.2) is 5.43 Å². The Morgan fingerprint density at radius 1 is 0.926 bits per heavy atom. The number of hydrazone groups is 1. The molecule has 0 fully saturated rings. The van der Waals surface area contributed by atoms with Crippen LogP contribution in [0.5, 0.6) is 0 Å². The SMILES string of the molecule is C/C(=N\NC(=O)c1ccc(NC(=O)c2ccccc2C)cc1)c1cccs1. The van der Waals surface area contributed by atoms with E-state index in [9.17, 15) is 9.59 Å². The number of amides is 2. The molecule has 3 aromatic rings. The summed E-state index contributed by atoms with van der Waals surface area (Å²) in [6.45, 7) is 3.73. The summed E-state index contributed by atoms with van der Waals surface area (Å²) < 4.78 is 0. The minimum absolute atomic E-state index is 0.179. The normalized spacial score (nSPS) is 11.1. The molecule has 1 aromatic heterocycles. The summed E-state index contributed by atoms with van der Waals surface area (Å²) in [6.07, 6.45) is 0. The molecule has 0 bridgehead atoms. The van der Waals surface area contributed by atoms with Gasteiger partial charge in [-0.3, -0.25) is 9.59 Å². The third kappa shape index (κ3) is 4.68. The standard InChI is InChI=1S/C21H19N3O2S/c1-14-6-3-4-7-18(14)21(26)22-17-11-9-16(10-12-17)20(25)24-23-15(2)19-8-5-13-27-19/h3-13H,1-2H3,(H,22,26)(H,24,25)/b23-15+. The Balaban J connectivity index is 1.63. The first-order chi connectivity index (χ1) is 13.0. The predicted molar refractivity (Wildman–Crippen MR) is 110 cm³/mol. The summed E-state index contributed by atoms with van der Waals surface area (Å²) in [5, 5.41) is 8.92. The van der Waals surface area contributed by atoms with Crippen LogP contribution in [0, 0.1) is 6.92 Å². The zero-order valence-corrected chi connectivity index (χ0v) is 15.8. The Hall–Kier alpha value is -3.25. The van der Waals surface area contributed by atoms with Crippen molar-refractivity contribution in [3.05, 3.63) is 87.6 Å². The third-order valence-electron chi connectivity index (χ3n) is 4.00. The molecule has 3 rings (SSSR count). The summed E-state index contributed by atoms with van der Waals surface area (Å²) in [7, 11) is 0. The Bertz CT molecular complexity index is 977. The maximum absolute atomic E-state index is 12.3. The van der Waals surface area contributed by atoms with E-state index in [1.807, 2.05) is 49.6 Å². The van der Waals surface area contributed by atoms with Gasteiger partial charge in [0.2, 0.25) is 0 Å². The molecule has 5 nitrogen and oxygen atoms in total. The summed E-state index contributed by atoms with van der Waals surface area (Å²) in [6, 6.07) is 18.0. The molecule has 0 saturated carbocycles. The van der Waals surface area contributed by atoms with Gasteiger partial charge in [-0.15, -0.1) is 11.3 Å². The highest BCUT2D eigenvalue weighted by molar-refractivity contribution is 7.12. The number of hydrogen-bond acceptors (Lipinski definition) is 4. The predicted octanol–water partition coefficient (Wildman–Crippen LogP) is 4.46. The summed E-state index contributed by atoms with van der Waals surface area (Å²) in [4.78, 5) is 25.6. The van der Waals surface area contributed by atoms with Gasteiger partial charge in [0.1, 0.15) is 0 Å². The van der Waals surface area contributed by atoms with E-state index >= 15 is 0 Å². The number of nitrogens with zero attached hydrogens (tertiary/aromatic N) is 1. The number of thiophene rings is 1. The van der Waals surface area contributed by atoms with Crippen molar-refractivity contribution in [1.82, 2.24) is 5.43 Å². The summed E-state index contributed by atoms with van der Waals surface area (Å²) >= 11 is 1.56. The molecular weight excluding hydrogens is 358 g/mol. The lowest BCUT2D eigenvalue weighted by molar-refractivity contribution is 0.0954. The van der Waals surface area contributed by atoms with Crippen LogP contribution in [0.3, 0.4) is 0 Å². The largest absolute Gasteiger partial charge is 0.322 e. The molecule has 0 saturated heterocycles. The highest BCUT2D eigenvalue weighted by atomic mass is 32.1. The second-order valence-corrected chi connectivity index (χ2v) is 6.91. The van der Waals surface area contributed by atoms with Crippen molar-refractivity contribution < 1.29 is 9.59 Å². The highest BCUT2D eigenvalue weighted by Gasteiger charge is 2.10. The fourth-order valence-corrected chi connectivity index (χ4v) is 3.15. The number of carbonyl (C=O) groups excluding carboxylic acids is 2. The lowest BCUT2D eigenvalue weighted by atomic mass is 10.1. The minimum atomic E-state index is -0.303. The van der Waals surface area contributed by atoms with Crippen molar-refractivity contribution in [2.24, 2.45) is 5.10 Å². The van der Waals surface area contributed by atoms with Gasteiger partial charge in [0.15, 0.2) is 0 Å². The van der Waals surface area contributed by atoms with E-state index in [4.69, 9.17) is 0 Å². The molecular formula is C21H19N3O2S. The average molecular weight is 377 g/mol. The first-order valence-corrected chi connectivity index (χ1v) is 9.28. The zero-order chi connectivity index (χ0) is 19.2. The summed E-state index contributed by atoms with van der Waals surface area (Å²) in [5.74, 6) is -0.482. The van der Waals surface area contributed by atoms with Gasteiger partial charge in [0.05, 0.1) is 5.71 Å². The monoisotopic (exact) mass is 377 g/mol. The van der Waals surface area contributed by atoms with Gasteiger partial charge >= 0.3 is 0 Å². The van der Waals surface area contributed by atoms with Crippen molar-refractivity contribution in [3.63, 3.8) is 0 Å². The molecule has 136 valence electrons. The Morgan fingerprint density at radius 2 is 1.67 bits per heavy atom. The number of benzene rings is 2. The lowest BCUT2D eigenvalue weighted by Crippen LogP contribution is -2.19. The van der Waals surface area contributed by atoms with Crippen LogP contribution in [0.25, 0.3) is 0 Å². The van der Waals surface area contributed by atoms with Crippen molar-refractivity contribution in [2.75, 3.05) is 5.32 Å². The third-order valence-corrected chi connectivity index (χ3v) is 4.98. The number of anilines is 1. The van der Waals surface area contributed by atoms with Gasteiger partial charge in [-0.1, -0.05) is 24.3 Å². The number of nitrogens with one attached hydrogen (secondary N) is 2. The molecule has 27 heavy (non-hydrogen) atoms. The molecule has 0 radical (unpaired) electrons. The molecule has 0 atom stereocenters. The van der Waals surface area contributed by atoms with Gasteiger partial charge in [0.25, 0.3) is 11.8 Å². The van der Waals surface area contributed by atoms with Gasteiger partial charge in [-0.2, -0.15) is 5.10 Å². The fraction of sp³-hybridized carbons (Fsp3) is 0.0952. The van der Waals surface area contributed by atoms with E-state index in [0.29, 0.717) is 16.8 Å². The van der Waals surface area contributed by atoms with E-state index in [1.54, 1.807) is 41.7 Å². The molecule has 6 heteroatoms. The molecule has 0 spiro atoms. The molecule has 0 aliphatic carbocycles. The lowest BCUT2D eigenvalue weighted by Gasteiger charge is -2.08. The molecule has 2 N–H and O–H groups in total. The minimum Gasteiger partial charge on any atom is -0.322 e. The van der Waals surface area contributed by atoms with Crippen molar-refractivity contribution in [2.45, 2.75) is 13.8 Å². The van der Waals surface area contributed by atoms with Crippen LogP contribution in [-0.4, -0.2) is 17.5 Å². The molecule has 0 unspecified atom stereocenters. The van der Waals surface area contributed by atoms with Gasteiger partial charge < -0.3 is 5.32 Å². The second kappa shape index (κ2) is 8.42. The topological polar surface area (TPSA) is 70.6 Å². The number of carbonyl (C=O) groups is 2. The number of rotatable bonds is 5. The van der Waals surface area contributed by atoms with E-state index in [0.717, 1.165) is 16.2 Å². The van der Waals surface area contributed by atoms with E-state index in [2.05, 4.69) is 15.8 Å². The molecule has 1 heterocycles.